The first-order valence-corrected chi connectivity index (χ1v) is 7.97. The van der Waals surface area contributed by atoms with Crippen LogP contribution in [-0.2, 0) is 29.6 Å². The molecular weight excluding hydrogens is 308 g/mol. The molecule has 2 aromatic rings. The maximum Gasteiger partial charge on any atom is 0.243 e. The zero-order valence-electron chi connectivity index (χ0n) is 13.6. The molecule has 1 fully saturated rings. The number of hydrogen-bond donors (Lipinski definition) is 1. The molecule has 1 aliphatic heterocycles. The molecule has 1 aromatic carbocycles. The summed E-state index contributed by atoms with van der Waals surface area (Å²) in [6.45, 7) is 0.830. The topological polar surface area (TPSA) is 93.0 Å². The van der Waals surface area contributed by atoms with E-state index in [4.69, 9.17) is 0 Å². The summed E-state index contributed by atoms with van der Waals surface area (Å²) >= 11 is 0. The van der Waals surface area contributed by atoms with Gasteiger partial charge in [-0.2, -0.15) is 4.80 Å². The molecule has 0 radical (unpaired) electrons. The maximum absolute atomic E-state index is 12.5. The number of rotatable bonds is 5. The number of benzene rings is 1. The highest BCUT2D eigenvalue weighted by molar-refractivity contribution is 5.89. The Labute approximate surface area is 139 Å². The van der Waals surface area contributed by atoms with Crippen LogP contribution in [-0.4, -0.2) is 49.5 Å². The van der Waals surface area contributed by atoms with Gasteiger partial charge in [0, 0.05) is 6.54 Å². The number of aromatic nitrogens is 4. The molecule has 24 heavy (non-hydrogen) atoms. The molecule has 1 atom stereocenters. The molecule has 8 nitrogen and oxygen atoms in total. The van der Waals surface area contributed by atoms with Crippen molar-refractivity contribution in [2.45, 2.75) is 31.8 Å². The molecule has 2 heterocycles. The van der Waals surface area contributed by atoms with Gasteiger partial charge < -0.3 is 10.2 Å². The van der Waals surface area contributed by atoms with Crippen molar-refractivity contribution in [3.05, 3.63) is 41.7 Å². The van der Waals surface area contributed by atoms with E-state index < -0.39 is 6.04 Å². The minimum atomic E-state index is -0.419. The first-order valence-electron chi connectivity index (χ1n) is 7.97. The van der Waals surface area contributed by atoms with Crippen molar-refractivity contribution in [1.29, 1.82) is 0 Å². The molecule has 3 rings (SSSR count). The second kappa shape index (κ2) is 7.20. The summed E-state index contributed by atoms with van der Waals surface area (Å²) in [6.07, 6.45) is 1.83. The van der Waals surface area contributed by atoms with Crippen LogP contribution in [0.2, 0.25) is 0 Å². The fourth-order valence-corrected chi connectivity index (χ4v) is 2.89. The van der Waals surface area contributed by atoms with Crippen LogP contribution in [0, 0.1) is 0 Å². The molecule has 1 saturated heterocycles. The Kier molecular flexibility index (Phi) is 4.83. The second-order valence-corrected chi connectivity index (χ2v) is 5.82. The number of nitrogens with zero attached hydrogens (tertiary/aromatic N) is 5. The van der Waals surface area contributed by atoms with Crippen molar-refractivity contribution in [3.8, 4) is 0 Å². The largest absolute Gasteiger partial charge is 0.347 e. The highest BCUT2D eigenvalue weighted by Crippen LogP contribution is 2.19. The Morgan fingerprint density at radius 3 is 2.79 bits per heavy atom. The number of hydrogen-bond acceptors (Lipinski definition) is 5. The molecule has 1 N–H and O–H groups in total. The quantitative estimate of drug-likeness (QED) is 0.838. The number of aryl methyl sites for hydroxylation is 1. The van der Waals surface area contributed by atoms with Crippen molar-refractivity contribution in [2.75, 3.05) is 6.54 Å². The third-order valence-electron chi connectivity index (χ3n) is 4.04. The van der Waals surface area contributed by atoms with Gasteiger partial charge in [-0.1, -0.05) is 30.3 Å². The van der Waals surface area contributed by atoms with Crippen molar-refractivity contribution < 1.29 is 9.59 Å². The number of nitrogens with one attached hydrogen (secondary N) is 1. The predicted molar refractivity (Wildman–Crippen MR) is 85.5 cm³/mol. The van der Waals surface area contributed by atoms with Gasteiger partial charge in [-0.15, -0.1) is 10.2 Å². The number of amides is 2. The van der Waals surface area contributed by atoms with Gasteiger partial charge in [0.1, 0.15) is 6.04 Å². The summed E-state index contributed by atoms with van der Waals surface area (Å²) in [5, 5.41) is 14.4. The van der Waals surface area contributed by atoms with Gasteiger partial charge in [0.15, 0.2) is 5.82 Å². The lowest BCUT2D eigenvalue weighted by atomic mass is 10.1. The predicted octanol–water partition coefficient (Wildman–Crippen LogP) is 0.0600. The average molecular weight is 328 g/mol. The lowest BCUT2D eigenvalue weighted by molar-refractivity contribution is -0.138. The average Bonchev–Trinajstić information content (AvgIpc) is 3.22. The number of likely N-dealkylation sites (tertiary alicyclic amines) is 1. The summed E-state index contributed by atoms with van der Waals surface area (Å²) in [7, 11) is 1.67. The molecule has 8 heteroatoms. The molecule has 0 saturated carbocycles. The van der Waals surface area contributed by atoms with Gasteiger partial charge in [0.05, 0.1) is 20.0 Å². The fraction of sp³-hybridized carbons (Fsp3) is 0.438. The molecule has 0 aliphatic carbocycles. The minimum absolute atomic E-state index is 0.0172. The van der Waals surface area contributed by atoms with E-state index in [1.165, 1.54) is 4.80 Å². The van der Waals surface area contributed by atoms with Crippen LogP contribution in [0.4, 0.5) is 0 Å². The van der Waals surface area contributed by atoms with Gasteiger partial charge in [0.25, 0.3) is 0 Å². The zero-order valence-corrected chi connectivity index (χ0v) is 13.6. The fourth-order valence-electron chi connectivity index (χ4n) is 2.89. The Hall–Kier alpha value is -2.77. The van der Waals surface area contributed by atoms with E-state index in [2.05, 4.69) is 20.7 Å². The monoisotopic (exact) mass is 328 g/mol. The Morgan fingerprint density at radius 1 is 1.29 bits per heavy atom. The van der Waals surface area contributed by atoms with Gasteiger partial charge >= 0.3 is 0 Å². The Balaban J connectivity index is 1.57. The molecule has 2 amide bonds. The second-order valence-electron chi connectivity index (χ2n) is 5.82. The van der Waals surface area contributed by atoms with Crippen LogP contribution in [0.3, 0.4) is 0 Å². The molecule has 0 spiro atoms. The van der Waals surface area contributed by atoms with E-state index in [0.29, 0.717) is 25.2 Å². The van der Waals surface area contributed by atoms with E-state index in [0.717, 1.165) is 12.0 Å². The SMILES string of the molecule is Cn1nnc(CNC(=O)C2CCCN2C(=O)Cc2ccccc2)n1. The standard InChI is InChI=1S/C16H20N6O2/c1-21-19-14(18-20-21)11-17-16(24)13-8-5-9-22(13)15(23)10-12-6-3-2-4-7-12/h2-4,6-7,13H,5,8-11H2,1H3,(H,17,24). The van der Waals surface area contributed by atoms with Gasteiger partial charge in [-0.05, 0) is 23.6 Å². The molecule has 1 unspecified atom stereocenters. The lowest BCUT2D eigenvalue weighted by Gasteiger charge is -2.23. The number of tetrazole rings is 1. The van der Waals surface area contributed by atoms with Gasteiger partial charge in [-0.25, -0.2) is 0 Å². The van der Waals surface area contributed by atoms with Crippen LogP contribution in [0.5, 0.6) is 0 Å². The summed E-state index contributed by atoms with van der Waals surface area (Å²) < 4.78 is 0. The van der Waals surface area contributed by atoms with Crippen molar-refractivity contribution >= 4 is 11.8 Å². The first-order chi connectivity index (χ1) is 11.6. The van der Waals surface area contributed by atoms with Crippen LogP contribution >= 0.6 is 0 Å². The third kappa shape index (κ3) is 3.76. The molecule has 1 aliphatic rings. The number of carbonyl (C=O) groups is 2. The highest BCUT2D eigenvalue weighted by atomic mass is 16.2. The summed E-state index contributed by atoms with van der Waals surface area (Å²) in [5.74, 6) is 0.267. The number of carbonyl (C=O) groups excluding carboxylic acids is 2. The summed E-state index contributed by atoms with van der Waals surface area (Å²) in [4.78, 5) is 27.9. The van der Waals surface area contributed by atoms with Crippen molar-refractivity contribution in [1.82, 2.24) is 30.4 Å². The van der Waals surface area contributed by atoms with E-state index in [1.807, 2.05) is 30.3 Å². The maximum atomic E-state index is 12.5. The van der Waals surface area contributed by atoms with Crippen molar-refractivity contribution in [3.63, 3.8) is 0 Å². The van der Waals surface area contributed by atoms with Gasteiger partial charge in [-0.3, -0.25) is 9.59 Å². The van der Waals surface area contributed by atoms with E-state index in [-0.39, 0.29) is 18.4 Å². The smallest absolute Gasteiger partial charge is 0.243 e. The first kappa shape index (κ1) is 16.1. The zero-order chi connectivity index (χ0) is 16.9. The van der Waals surface area contributed by atoms with Crippen LogP contribution in [0.1, 0.15) is 24.2 Å². The molecule has 0 bridgehead atoms. The van der Waals surface area contributed by atoms with E-state index >= 15 is 0 Å². The minimum Gasteiger partial charge on any atom is -0.347 e. The van der Waals surface area contributed by atoms with E-state index in [9.17, 15) is 9.59 Å². The summed E-state index contributed by atoms with van der Waals surface area (Å²) in [5.41, 5.74) is 0.956. The summed E-state index contributed by atoms with van der Waals surface area (Å²) in [6, 6.07) is 9.15. The Morgan fingerprint density at radius 2 is 2.08 bits per heavy atom. The van der Waals surface area contributed by atoms with Gasteiger partial charge in [0.2, 0.25) is 11.8 Å². The molecular formula is C16H20N6O2. The highest BCUT2D eigenvalue weighted by Gasteiger charge is 2.33. The van der Waals surface area contributed by atoms with Crippen LogP contribution in [0.25, 0.3) is 0 Å². The van der Waals surface area contributed by atoms with Crippen LogP contribution in [0.15, 0.2) is 30.3 Å². The third-order valence-corrected chi connectivity index (χ3v) is 4.04. The Bertz CT molecular complexity index is 714. The molecule has 1 aromatic heterocycles. The molecule has 126 valence electrons. The normalized spacial score (nSPS) is 17.0. The van der Waals surface area contributed by atoms with E-state index in [1.54, 1.807) is 11.9 Å². The lowest BCUT2D eigenvalue weighted by Crippen LogP contribution is -2.46. The van der Waals surface area contributed by atoms with Crippen molar-refractivity contribution in [2.24, 2.45) is 7.05 Å². The van der Waals surface area contributed by atoms with Crippen LogP contribution < -0.4 is 5.32 Å².